The van der Waals surface area contributed by atoms with Gasteiger partial charge >= 0.3 is 0 Å². The van der Waals surface area contributed by atoms with Gasteiger partial charge in [0.1, 0.15) is 12.1 Å². The molecule has 10 heteroatoms. The Morgan fingerprint density at radius 2 is 1.88 bits per heavy atom. The van der Waals surface area contributed by atoms with Gasteiger partial charge in [-0.3, -0.25) is 19.4 Å². The summed E-state index contributed by atoms with van der Waals surface area (Å²) in [6, 6.07) is 17.2. The Bertz CT molecular complexity index is 1350. The molecule has 0 aliphatic carbocycles. The number of carbonyl (C=O) groups is 3. The van der Waals surface area contributed by atoms with Crippen LogP contribution in [-0.2, 0) is 20.8 Å². The molecule has 3 amide bonds. The van der Waals surface area contributed by atoms with E-state index in [9.17, 15) is 19.5 Å². The number of anilines is 1. The van der Waals surface area contributed by atoms with Crippen LogP contribution in [-0.4, -0.2) is 76.1 Å². The maximum absolute atomic E-state index is 13.6. The zero-order valence-electron chi connectivity index (χ0n) is 22.3. The summed E-state index contributed by atoms with van der Waals surface area (Å²) in [4.78, 5) is 45.8. The van der Waals surface area contributed by atoms with Gasteiger partial charge in [-0.2, -0.15) is 0 Å². The zero-order chi connectivity index (χ0) is 28.1. The van der Waals surface area contributed by atoms with E-state index in [1.807, 2.05) is 60.7 Å². The van der Waals surface area contributed by atoms with Crippen LogP contribution < -0.4 is 21.7 Å². The number of fused-ring (bicyclic) bond motifs is 1. The number of aryl methyl sites for hydroxylation is 1. The first-order chi connectivity index (χ1) is 19.4. The normalized spacial score (nSPS) is 23.5. The molecule has 0 unspecified atom stereocenters. The molecule has 2 aliphatic heterocycles. The first kappa shape index (κ1) is 27.7. The van der Waals surface area contributed by atoms with E-state index in [4.69, 9.17) is 5.73 Å². The Balaban J connectivity index is 1.27. The lowest BCUT2D eigenvalue weighted by Gasteiger charge is -2.32. The molecule has 0 radical (unpaired) electrons. The van der Waals surface area contributed by atoms with E-state index in [2.05, 4.69) is 20.9 Å². The number of piperidine rings is 1. The monoisotopic (exact) mass is 544 g/mol. The van der Waals surface area contributed by atoms with Gasteiger partial charge in [-0.25, -0.2) is 0 Å². The number of benzene rings is 2. The first-order valence-electron chi connectivity index (χ1n) is 13.8. The molecule has 10 nitrogen and oxygen atoms in total. The largest absolute Gasteiger partial charge is 0.383 e. The van der Waals surface area contributed by atoms with Gasteiger partial charge in [-0.1, -0.05) is 48.5 Å². The number of para-hydroxylation sites is 1. The molecule has 0 spiro atoms. The highest BCUT2D eigenvalue weighted by molar-refractivity contribution is 5.99. The molecule has 0 bridgehead atoms. The number of carbonyl (C=O) groups excluding carboxylic acids is 3. The lowest BCUT2D eigenvalue weighted by Crippen LogP contribution is -2.55. The number of hydrogen-bond donors (Lipinski definition) is 5. The number of aromatic nitrogens is 1. The lowest BCUT2D eigenvalue weighted by atomic mass is 9.99. The molecular formula is C30H36N6O4. The Kier molecular flexibility index (Phi) is 8.69. The van der Waals surface area contributed by atoms with Gasteiger partial charge in [-0.15, -0.1) is 0 Å². The van der Waals surface area contributed by atoms with E-state index in [1.165, 1.54) is 4.90 Å². The zero-order valence-corrected chi connectivity index (χ0v) is 22.3. The van der Waals surface area contributed by atoms with E-state index >= 15 is 0 Å². The summed E-state index contributed by atoms with van der Waals surface area (Å²) in [5.41, 5.74) is 8.49. The van der Waals surface area contributed by atoms with Crippen molar-refractivity contribution in [3.05, 3.63) is 72.4 Å². The van der Waals surface area contributed by atoms with Gasteiger partial charge in [0.25, 0.3) is 0 Å². The fourth-order valence-corrected chi connectivity index (χ4v) is 5.51. The number of nitrogens with two attached hydrogens (primary N) is 1. The van der Waals surface area contributed by atoms with Crippen molar-refractivity contribution in [2.45, 2.75) is 62.4 Å². The number of pyridine rings is 1. The summed E-state index contributed by atoms with van der Waals surface area (Å²) in [6.07, 6.45) is 2.71. The van der Waals surface area contributed by atoms with Crippen molar-refractivity contribution >= 4 is 34.3 Å². The van der Waals surface area contributed by atoms with Gasteiger partial charge in [0.15, 0.2) is 0 Å². The fourth-order valence-electron chi connectivity index (χ4n) is 5.51. The maximum atomic E-state index is 13.6. The van der Waals surface area contributed by atoms with Crippen LogP contribution in [0.3, 0.4) is 0 Å². The first-order valence-corrected chi connectivity index (χ1v) is 13.8. The summed E-state index contributed by atoms with van der Waals surface area (Å²) in [5, 5.41) is 20.4. The molecule has 2 aliphatic rings. The fraction of sp³-hybridized carbons (Fsp3) is 0.400. The van der Waals surface area contributed by atoms with Gasteiger partial charge in [0.05, 0.1) is 23.4 Å². The molecule has 6 N–H and O–H groups in total. The number of aliphatic hydroxyl groups is 1. The summed E-state index contributed by atoms with van der Waals surface area (Å²) in [7, 11) is 0. The molecule has 2 fully saturated rings. The number of nitrogens with one attached hydrogen (secondary N) is 3. The summed E-state index contributed by atoms with van der Waals surface area (Å²) >= 11 is 0. The second-order valence-corrected chi connectivity index (χ2v) is 10.7. The third kappa shape index (κ3) is 6.64. The molecule has 5 atom stereocenters. The van der Waals surface area contributed by atoms with Gasteiger partial charge in [0, 0.05) is 24.0 Å². The molecule has 3 aromatic rings. The predicted molar refractivity (Wildman–Crippen MR) is 152 cm³/mol. The molecule has 210 valence electrons. The van der Waals surface area contributed by atoms with E-state index in [1.54, 1.807) is 6.20 Å². The SMILES string of the molecule is N[C@H]1CCN[C@H](C(=O)N2C[C@H](NC(=O)[C@H](O)CCc3ccccc3)C[C@H]2C(=O)Nc2cnc3ccccc3c2)C1. The standard InChI is InChI=1S/C30H36N6O4/c31-21-12-13-32-25(15-21)30(40)36-18-23(35-29(39)27(37)11-10-19-6-2-1-3-7-19)16-26(36)28(38)34-22-14-20-8-4-5-9-24(20)33-17-22/h1-9,14,17,21,23,25-27,32,37H,10-13,15-16,18,31H2,(H,34,38)(H,35,39)/t21-,23+,25-,26-,27+/m0/s1. The summed E-state index contributed by atoms with van der Waals surface area (Å²) < 4.78 is 0. The van der Waals surface area contributed by atoms with Crippen LogP contribution in [0, 0.1) is 0 Å². The minimum absolute atomic E-state index is 0.0935. The van der Waals surface area contributed by atoms with Crippen molar-refractivity contribution < 1.29 is 19.5 Å². The number of amides is 3. The topological polar surface area (TPSA) is 150 Å². The number of aliphatic hydroxyl groups excluding tert-OH is 1. The number of likely N-dealkylation sites (tertiary alicyclic amines) is 1. The van der Waals surface area contributed by atoms with Crippen LogP contribution in [0.25, 0.3) is 10.9 Å². The van der Waals surface area contributed by atoms with Crippen molar-refractivity contribution in [2.24, 2.45) is 5.73 Å². The predicted octanol–water partition coefficient (Wildman–Crippen LogP) is 1.33. The van der Waals surface area contributed by atoms with Crippen LogP contribution in [0.15, 0.2) is 66.9 Å². The molecule has 2 aromatic carbocycles. The Hall–Kier alpha value is -3.86. The smallest absolute Gasteiger partial charge is 0.249 e. The Morgan fingerprint density at radius 3 is 2.67 bits per heavy atom. The van der Waals surface area contributed by atoms with Crippen LogP contribution in [0.4, 0.5) is 5.69 Å². The highest BCUT2D eigenvalue weighted by Crippen LogP contribution is 2.24. The molecule has 1 aromatic heterocycles. The van der Waals surface area contributed by atoms with Gasteiger partial charge in [-0.05, 0) is 56.3 Å². The lowest BCUT2D eigenvalue weighted by molar-refractivity contribution is -0.139. The summed E-state index contributed by atoms with van der Waals surface area (Å²) in [6.45, 7) is 0.788. The second-order valence-electron chi connectivity index (χ2n) is 10.7. The van der Waals surface area contributed by atoms with E-state index < -0.39 is 30.1 Å². The van der Waals surface area contributed by atoms with Crippen LogP contribution >= 0.6 is 0 Å². The van der Waals surface area contributed by atoms with Crippen molar-refractivity contribution in [3.63, 3.8) is 0 Å². The Morgan fingerprint density at radius 1 is 1.10 bits per heavy atom. The van der Waals surface area contributed by atoms with Crippen molar-refractivity contribution in [2.75, 3.05) is 18.4 Å². The molecule has 0 saturated carbocycles. The molecule has 40 heavy (non-hydrogen) atoms. The van der Waals surface area contributed by atoms with E-state index in [-0.39, 0.29) is 37.2 Å². The van der Waals surface area contributed by atoms with Crippen molar-refractivity contribution in [3.8, 4) is 0 Å². The van der Waals surface area contributed by atoms with Crippen LogP contribution in [0.2, 0.25) is 0 Å². The minimum atomic E-state index is -1.20. The quantitative estimate of drug-likeness (QED) is 0.287. The number of hydrogen-bond acceptors (Lipinski definition) is 7. The third-order valence-electron chi connectivity index (χ3n) is 7.69. The third-order valence-corrected chi connectivity index (χ3v) is 7.69. The molecule has 3 heterocycles. The van der Waals surface area contributed by atoms with Gasteiger partial charge in [0.2, 0.25) is 17.7 Å². The van der Waals surface area contributed by atoms with E-state index in [0.717, 1.165) is 22.9 Å². The van der Waals surface area contributed by atoms with Crippen LogP contribution in [0.5, 0.6) is 0 Å². The molecule has 2 saturated heterocycles. The van der Waals surface area contributed by atoms with E-state index in [0.29, 0.717) is 25.1 Å². The van der Waals surface area contributed by atoms with Crippen molar-refractivity contribution in [1.82, 2.24) is 20.5 Å². The molecular weight excluding hydrogens is 508 g/mol. The average molecular weight is 545 g/mol. The molecule has 5 rings (SSSR count). The van der Waals surface area contributed by atoms with Gasteiger partial charge < -0.3 is 31.7 Å². The van der Waals surface area contributed by atoms with Crippen LogP contribution in [0.1, 0.15) is 31.2 Å². The summed E-state index contributed by atoms with van der Waals surface area (Å²) in [5.74, 6) is -1.08. The highest BCUT2D eigenvalue weighted by atomic mass is 16.3. The highest BCUT2D eigenvalue weighted by Gasteiger charge is 2.43. The minimum Gasteiger partial charge on any atom is -0.383 e. The second kappa shape index (κ2) is 12.5. The Labute approximate surface area is 233 Å². The number of rotatable bonds is 8. The average Bonchev–Trinajstić information content (AvgIpc) is 3.39. The van der Waals surface area contributed by atoms with Crippen molar-refractivity contribution in [1.29, 1.82) is 0 Å². The maximum Gasteiger partial charge on any atom is 0.249 e. The number of nitrogens with zero attached hydrogens (tertiary/aromatic N) is 2.